The number of halogens is 1. The van der Waals surface area contributed by atoms with E-state index >= 15 is 0 Å². The average molecular weight is 560 g/mol. The molecule has 0 saturated carbocycles. The lowest BCUT2D eigenvalue weighted by atomic mass is 9.85. The maximum atomic E-state index is 6.18. The van der Waals surface area contributed by atoms with Crippen molar-refractivity contribution >= 4 is 29.9 Å². The molecule has 0 bridgehead atoms. The summed E-state index contributed by atoms with van der Waals surface area (Å²) in [7, 11) is 1.70. The summed E-state index contributed by atoms with van der Waals surface area (Å²) < 4.78 is 17.3. The van der Waals surface area contributed by atoms with Gasteiger partial charge >= 0.3 is 0 Å². The molecule has 2 aliphatic rings. The molecule has 0 aliphatic carbocycles. The van der Waals surface area contributed by atoms with Gasteiger partial charge in [-0.25, -0.2) is 0 Å². The van der Waals surface area contributed by atoms with Crippen molar-refractivity contribution < 1.29 is 14.2 Å². The molecule has 6 nitrogen and oxygen atoms in total. The fourth-order valence-corrected chi connectivity index (χ4v) is 4.25. The molecule has 0 radical (unpaired) electrons. The summed E-state index contributed by atoms with van der Waals surface area (Å²) in [6.07, 6.45) is 6.31. The van der Waals surface area contributed by atoms with Gasteiger partial charge in [-0.05, 0) is 56.7 Å². The summed E-state index contributed by atoms with van der Waals surface area (Å²) >= 11 is 0. The standard InChI is InChI=1S/C25H41N3O3.HI/c1-5-26-24(27-19-25(2,3)20-9-11-21(29-4)12-10-20)28-15-13-22(14-16-28)31-18-23-8-6-7-17-30-23;/h9-12,22-23H,5-8,13-19H2,1-4H3,(H,26,27);1H. The highest BCUT2D eigenvalue weighted by molar-refractivity contribution is 14.0. The van der Waals surface area contributed by atoms with E-state index in [0.29, 0.717) is 12.2 Å². The average Bonchev–Trinajstić information content (AvgIpc) is 2.81. The van der Waals surface area contributed by atoms with Crippen molar-refractivity contribution in [3.63, 3.8) is 0 Å². The third-order valence-corrected chi connectivity index (χ3v) is 6.36. The van der Waals surface area contributed by atoms with Crippen LogP contribution in [0.2, 0.25) is 0 Å². The first-order valence-corrected chi connectivity index (χ1v) is 11.9. The highest BCUT2D eigenvalue weighted by Gasteiger charge is 2.25. The molecule has 32 heavy (non-hydrogen) atoms. The molecule has 2 aliphatic heterocycles. The lowest BCUT2D eigenvalue weighted by molar-refractivity contribution is -0.0721. The Bertz CT molecular complexity index is 682. The predicted octanol–water partition coefficient (Wildman–Crippen LogP) is 4.61. The molecule has 1 unspecified atom stereocenters. The quantitative estimate of drug-likeness (QED) is 0.287. The minimum Gasteiger partial charge on any atom is -0.497 e. The maximum absolute atomic E-state index is 6.18. The second kappa shape index (κ2) is 13.6. The van der Waals surface area contributed by atoms with E-state index in [-0.39, 0.29) is 29.4 Å². The van der Waals surface area contributed by atoms with Crippen molar-refractivity contribution in [2.24, 2.45) is 4.99 Å². The maximum Gasteiger partial charge on any atom is 0.193 e. The Labute approximate surface area is 211 Å². The SMILES string of the molecule is CCNC(=NCC(C)(C)c1ccc(OC)cc1)N1CCC(OCC2CCCCO2)CC1.I. The molecule has 0 spiro atoms. The van der Waals surface area contributed by atoms with Crippen LogP contribution in [-0.4, -0.2) is 69.6 Å². The smallest absolute Gasteiger partial charge is 0.193 e. The van der Waals surface area contributed by atoms with Gasteiger partial charge in [-0.1, -0.05) is 26.0 Å². The van der Waals surface area contributed by atoms with Crippen LogP contribution in [0.25, 0.3) is 0 Å². The molecular formula is C25H42IN3O3. The van der Waals surface area contributed by atoms with E-state index < -0.39 is 0 Å². The highest BCUT2D eigenvalue weighted by Crippen LogP contribution is 2.26. The number of methoxy groups -OCH3 is 1. The van der Waals surface area contributed by atoms with Gasteiger partial charge in [0.25, 0.3) is 0 Å². The van der Waals surface area contributed by atoms with Crippen LogP contribution in [-0.2, 0) is 14.9 Å². The molecule has 2 saturated heterocycles. The molecule has 1 atom stereocenters. The van der Waals surface area contributed by atoms with Crippen LogP contribution in [0, 0.1) is 0 Å². The van der Waals surface area contributed by atoms with Gasteiger partial charge in [0.1, 0.15) is 5.75 Å². The zero-order valence-corrected chi connectivity index (χ0v) is 22.6. The molecule has 1 aromatic rings. The topological polar surface area (TPSA) is 55.3 Å². The monoisotopic (exact) mass is 559 g/mol. The number of nitrogens with one attached hydrogen (secondary N) is 1. The van der Waals surface area contributed by atoms with E-state index in [9.17, 15) is 0 Å². The van der Waals surface area contributed by atoms with E-state index in [1.807, 2.05) is 12.1 Å². The van der Waals surface area contributed by atoms with Crippen molar-refractivity contribution in [2.45, 2.75) is 70.5 Å². The van der Waals surface area contributed by atoms with E-state index in [0.717, 1.165) is 70.4 Å². The lowest BCUT2D eigenvalue weighted by Crippen LogP contribution is -2.47. The molecule has 7 heteroatoms. The van der Waals surface area contributed by atoms with Gasteiger partial charge in [0.05, 0.1) is 32.5 Å². The summed E-state index contributed by atoms with van der Waals surface area (Å²) in [6, 6.07) is 8.32. The van der Waals surface area contributed by atoms with Crippen LogP contribution in [0.15, 0.2) is 29.3 Å². The van der Waals surface area contributed by atoms with E-state index in [2.05, 4.69) is 43.1 Å². The van der Waals surface area contributed by atoms with Crippen molar-refractivity contribution in [3.05, 3.63) is 29.8 Å². The highest BCUT2D eigenvalue weighted by atomic mass is 127. The molecule has 1 N–H and O–H groups in total. The Morgan fingerprint density at radius 3 is 2.47 bits per heavy atom. The van der Waals surface area contributed by atoms with Crippen LogP contribution in [0.4, 0.5) is 0 Å². The van der Waals surface area contributed by atoms with Crippen molar-refractivity contribution in [3.8, 4) is 5.75 Å². The molecule has 2 fully saturated rings. The Balaban J connectivity index is 0.00000363. The van der Waals surface area contributed by atoms with Gasteiger partial charge in [0, 0.05) is 31.7 Å². The summed E-state index contributed by atoms with van der Waals surface area (Å²) in [5.41, 5.74) is 1.22. The summed E-state index contributed by atoms with van der Waals surface area (Å²) in [6.45, 7) is 11.8. The Morgan fingerprint density at radius 2 is 1.88 bits per heavy atom. The number of piperidine rings is 1. The van der Waals surface area contributed by atoms with Gasteiger partial charge in [-0.15, -0.1) is 24.0 Å². The van der Waals surface area contributed by atoms with Crippen LogP contribution >= 0.6 is 24.0 Å². The number of aliphatic imine (C=N–C) groups is 1. The number of guanidine groups is 1. The zero-order valence-electron chi connectivity index (χ0n) is 20.3. The molecule has 3 rings (SSSR count). The Hall–Kier alpha value is -1.06. The fourth-order valence-electron chi connectivity index (χ4n) is 4.25. The van der Waals surface area contributed by atoms with Gasteiger partial charge in [0.2, 0.25) is 0 Å². The summed E-state index contributed by atoms with van der Waals surface area (Å²) in [5, 5.41) is 3.49. The third kappa shape index (κ3) is 8.06. The van der Waals surface area contributed by atoms with Crippen LogP contribution in [0.5, 0.6) is 5.75 Å². The first kappa shape index (κ1) is 27.2. The minimum absolute atomic E-state index is 0. The number of nitrogens with zero attached hydrogens (tertiary/aromatic N) is 2. The van der Waals surface area contributed by atoms with E-state index in [4.69, 9.17) is 19.2 Å². The Kier molecular flexibility index (Phi) is 11.6. The van der Waals surface area contributed by atoms with Crippen LogP contribution in [0.1, 0.15) is 58.4 Å². The second-order valence-electron chi connectivity index (χ2n) is 9.29. The van der Waals surface area contributed by atoms with Gasteiger partial charge in [-0.2, -0.15) is 0 Å². The first-order valence-electron chi connectivity index (χ1n) is 11.9. The van der Waals surface area contributed by atoms with Gasteiger partial charge < -0.3 is 24.4 Å². The van der Waals surface area contributed by atoms with E-state index in [1.165, 1.54) is 18.4 Å². The molecule has 2 heterocycles. The van der Waals surface area contributed by atoms with E-state index in [1.54, 1.807) is 7.11 Å². The number of rotatable bonds is 8. The zero-order chi connectivity index (χ0) is 22.1. The van der Waals surface area contributed by atoms with Gasteiger partial charge in [-0.3, -0.25) is 4.99 Å². The van der Waals surface area contributed by atoms with Crippen molar-refractivity contribution in [1.29, 1.82) is 0 Å². The molecular weight excluding hydrogens is 517 g/mol. The molecule has 1 aromatic carbocycles. The number of hydrogen-bond acceptors (Lipinski definition) is 4. The normalized spacial score (nSPS) is 20.6. The number of benzene rings is 1. The number of likely N-dealkylation sites (tertiary alicyclic amines) is 1. The Morgan fingerprint density at radius 1 is 1.16 bits per heavy atom. The third-order valence-electron chi connectivity index (χ3n) is 6.36. The van der Waals surface area contributed by atoms with Crippen molar-refractivity contribution in [2.75, 3.05) is 46.5 Å². The predicted molar refractivity (Wildman–Crippen MR) is 142 cm³/mol. The molecule has 182 valence electrons. The first-order chi connectivity index (χ1) is 15.0. The van der Waals surface area contributed by atoms with Crippen LogP contribution in [0.3, 0.4) is 0 Å². The van der Waals surface area contributed by atoms with Crippen LogP contribution < -0.4 is 10.1 Å². The van der Waals surface area contributed by atoms with Crippen molar-refractivity contribution in [1.82, 2.24) is 10.2 Å². The largest absolute Gasteiger partial charge is 0.497 e. The summed E-state index contributed by atoms with van der Waals surface area (Å²) in [4.78, 5) is 7.39. The lowest BCUT2D eigenvalue weighted by Gasteiger charge is -2.35. The number of hydrogen-bond donors (Lipinski definition) is 1. The number of ether oxygens (including phenoxy) is 3. The second-order valence-corrected chi connectivity index (χ2v) is 9.29. The molecule has 0 aromatic heterocycles. The van der Waals surface area contributed by atoms with Gasteiger partial charge in [0.15, 0.2) is 5.96 Å². The minimum atomic E-state index is -0.0472. The fraction of sp³-hybridized carbons (Fsp3) is 0.720. The summed E-state index contributed by atoms with van der Waals surface area (Å²) in [5.74, 6) is 1.90. The molecule has 0 amide bonds.